The van der Waals surface area contributed by atoms with Crippen LogP contribution in [-0.2, 0) is 9.53 Å². The maximum Gasteiger partial charge on any atom is 0.226 e. The third-order valence-corrected chi connectivity index (χ3v) is 5.19. The average molecular weight is 307 g/mol. The highest BCUT2D eigenvalue weighted by atomic mass is 32.2. The smallest absolute Gasteiger partial charge is 0.226 e. The van der Waals surface area contributed by atoms with Gasteiger partial charge in [0.05, 0.1) is 13.0 Å². The van der Waals surface area contributed by atoms with E-state index in [4.69, 9.17) is 4.74 Å². The highest BCUT2D eigenvalue weighted by Crippen LogP contribution is 2.34. The lowest BCUT2D eigenvalue weighted by Gasteiger charge is -2.21. The first-order valence-corrected chi connectivity index (χ1v) is 8.63. The predicted octanol–water partition coefficient (Wildman–Crippen LogP) is 4.39. The van der Waals surface area contributed by atoms with E-state index in [1.54, 1.807) is 7.11 Å². The van der Waals surface area contributed by atoms with Gasteiger partial charge in [-0.3, -0.25) is 4.79 Å². The number of anilines is 1. The first kappa shape index (κ1) is 16.4. The van der Waals surface area contributed by atoms with Gasteiger partial charge in [0.1, 0.15) is 0 Å². The standard InChI is InChI=1S/C17H25NO2S/c1-13-12-15(21-14-6-4-3-5-7-14)8-9-16(13)18-17(19)10-11-20-2/h8-9,12,14H,3-7,10-11H2,1-2H3,(H,18,19). The zero-order valence-electron chi connectivity index (χ0n) is 13.0. The lowest BCUT2D eigenvalue weighted by molar-refractivity contribution is -0.117. The summed E-state index contributed by atoms with van der Waals surface area (Å²) in [4.78, 5) is 13.0. The van der Waals surface area contributed by atoms with E-state index in [9.17, 15) is 4.79 Å². The summed E-state index contributed by atoms with van der Waals surface area (Å²) in [6, 6.07) is 6.33. The Morgan fingerprint density at radius 2 is 2.10 bits per heavy atom. The van der Waals surface area contributed by atoms with Gasteiger partial charge in [-0.15, -0.1) is 11.8 Å². The molecule has 1 amide bonds. The Labute approximate surface area is 131 Å². The average Bonchev–Trinajstić information content (AvgIpc) is 2.49. The van der Waals surface area contributed by atoms with Crippen LogP contribution in [0.5, 0.6) is 0 Å². The number of rotatable bonds is 6. The number of hydrogen-bond donors (Lipinski definition) is 1. The molecule has 0 heterocycles. The molecule has 1 aliphatic rings. The van der Waals surface area contributed by atoms with E-state index in [1.807, 2.05) is 17.8 Å². The quantitative estimate of drug-likeness (QED) is 0.847. The molecule has 0 unspecified atom stereocenters. The van der Waals surface area contributed by atoms with E-state index in [2.05, 4.69) is 24.4 Å². The molecule has 116 valence electrons. The number of hydrogen-bond acceptors (Lipinski definition) is 3. The molecule has 0 aliphatic heterocycles. The molecule has 1 aliphatic carbocycles. The van der Waals surface area contributed by atoms with Gasteiger partial charge in [-0.2, -0.15) is 0 Å². The minimum absolute atomic E-state index is 0.00707. The number of thioether (sulfide) groups is 1. The minimum Gasteiger partial charge on any atom is -0.384 e. The van der Waals surface area contributed by atoms with Crippen LogP contribution in [0.3, 0.4) is 0 Å². The fraction of sp³-hybridized carbons (Fsp3) is 0.588. The van der Waals surface area contributed by atoms with Crippen LogP contribution in [0.2, 0.25) is 0 Å². The Kier molecular flexibility index (Phi) is 6.58. The van der Waals surface area contributed by atoms with E-state index < -0.39 is 0 Å². The fourth-order valence-electron chi connectivity index (χ4n) is 2.63. The van der Waals surface area contributed by atoms with Crippen LogP contribution in [0.1, 0.15) is 44.1 Å². The number of methoxy groups -OCH3 is 1. The van der Waals surface area contributed by atoms with Crippen molar-refractivity contribution in [1.29, 1.82) is 0 Å². The van der Waals surface area contributed by atoms with Crippen molar-refractivity contribution in [1.82, 2.24) is 0 Å². The van der Waals surface area contributed by atoms with Gasteiger partial charge in [-0.1, -0.05) is 19.3 Å². The second kappa shape index (κ2) is 8.44. The Hall–Kier alpha value is -1.00. The van der Waals surface area contributed by atoms with Gasteiger partial charge in [0.25, 0.3) is 0 Å². The van der Waals surface area contributed by atoms with E-state index in [0.717, 1.165) is 16.5 Å². The van der Waals surface area contributed by atoms with Crippen LogP contribution in [-0.4, -0.2) is 24.9 Å². The maximum absolute atomic E-state index is 11.7. The topological polar surface area (TPSA) is 38.3 Å². The minimum atomic E-state index is 0.00707. The molecule has 0 bridgehead atoms. The summed E-state index contributed by atoms with van der Waals surface area (Å²) < 4.78 is 4.92. The second-order valence-corrected chi connectivity index (χ2v) is 7.02. The molecule has 0 saturated heterocycles. The van der Waals surface area contributed by atoms with Crippen molar-refractivity contribution >= 4 is 23.4 Å². The van der Waals surface area contributed by atoms with Crippen molar-refractivity contribution in [2.45, 2.75) is 55.6 Å². The molecule has 0 radical (unpaired) electrons. The Balaban J connectivity index is 1.91. The van der Waals surface area contributed by atoms with Gasteiger partial charge in [-0.05, 0) is 43.5 Å². The molecule has 0 atom stereocenters. The molecule has 1 aromatic rings. The van der Waals surface area contributed by atoms with Crippen molar-refractivity contribution in [3.63, 3.8) is 0 Å². The molecule has 0 spiro atoms. The first-order valence-electron chi connectivity index (χ1n) is 7.75. The van der Waals surface area contributed by atoms with Crippen molar-refractivity contribution in [3.05, 3.63) is 23.8 Å². The summed E-state index contributed by atoms with van der Waals surface area (Å²) in [6.07, 6.45) is 7.18. The van der Waals surface area contributed by atoms with Gasteiger partial charge in [-0.25, -0.2) is 0 Å². The third-order valence-electron chi connectivity index (χ3n) is 3.86. The summed E-state index contributed by atoms with van der Waals surface area (Å²) >= 11 is 1.99. The zero-order valence-corrected chi connectivity index (χ0v) is 13.8. The lowest BCUT2D eigenvalue weighted by Crippen LogP contribution is -2.14. The fourth-order valence-corrected chi connectivity index (χ4v) is 3.98. The summed E-state index contributed by atoms with van der Waals surface area (Å²) in [6.45, 7) is 2.51. The van der Waals surface area contributed by atoms with Gasteiger partial charge < -0.3 is 10.1 Å². The number of carbonyl (C=O) groups is 1. The van der Waals surface area contributed by atoms with Crippen molar-refractivity contribution in [2.75, 3.05) is 19.0 Å². The second-order valence-electron chi connectivity index (χ2n) is 5.65. The molecule has 1 aromatic carbocycles. The maximum atomic E-state index is 11.7. The molecule has 4 heteroatoms. The Morgan fingerprint density at radius 1 is 1.33 bits per heavy atom. The van der Waals surface area contributed by atoms with Crippen molar-refractivity contribution < 1.29 is 9.53 Å². The van der Waals surface area contributed by atoms with Gasteiger partial charge in [0.2, 0.25) is 5.91 Å². The monoisotopic (exact) mass is 307 g/mol. The largest absolute Gasteiger partial charge is 0.384 e. The van der Waals surface area contributed by atoms with Crippen LogP contribution in [0, 0.1) is 6.92 Å². The van der Waals surface area contributed by atoms with Gasteiger partial charge >= 0.3 is 0 Å². The number of ether oxygens (including phenoxy) is 1. The van der Waals surface area contributed by atoms with E-state index in [1.165, 1.54) is 37.0 Å². The molecule has 2 rings (SSSR count). The highest BCUT2D eigenvalue weighted by molar-refractivity contribution is 8.00. The van der Waals surface area contributed by atoms with Crippen LogP contribution >= 0.6 is 11.8 Å². The molecular formula is C17H25NO2S. The molecule has 1 N–H and O–H groups in total. The molecular weight excluding hydrogens is 282 g/mol. The number of amides is 1. The molecule has 1 fully saturated rings. The molecule has 0 aromatic heterocycles. The lowest BCUT2D eigenvalue weighted by atomic mass is 10.0. The SMILES string of the molecule is COCCC(=O)Nc1ccc(SC2CCCCC2)cc1C. The third kappa shape index (κ3) is 5.36. The molecule has 1 saturated carbocycles. The number of aryl methyl sites for hydroxylation is 1. The van der Waals surface area contributed by atoms with E-state index in [-0.39, 0.29) is 5.91 Å². The summed E-state index contributed by atoms with van der Waals surface area (Å²) in [5.41, 5.74) is 2.03. The van der Waals surface area contributed by atoms with E-state index in [0.29, 0.717) is 13.0 Å². The van der Waals surface area contributed by atoms with Crippen molar-refractivity contribution in [3.8, 4) is 0 Å². The number of benzene rings is 1. The normalized spacial score (nSPS) is 15.9. The summed E-state index contributed by atoms with van der Waals surface area (Å²) in [5.74, 6) is 0.00707. The van der Waals surface area contributed by atoms with Crippen LogP contribution in [0.25, 0.3) is 0 Å². The van der Waals surface area contributed by atoms with Crippen LogP contribution < -0.4 is 5.32 Å². The number of carbonyl (C=O) groups excluding carboxylic acids is 1. The van der Waals surface area contributed by atoms with E-state index >= 15 is 0 Å². The summed E-state index contributed by atoms with van der Waals surface area (Å²) in [7, 11) is 1.61. The van der Waals surface area contributed by atoms with Gasteiger partial charge in [0.15, 0.2) is 0 Å². The van der Waals surface area contributed by atoms with Crippen LogP contribution in [0.4, 0.5) is 5.69 Å². The van der Waals surface area contributed by atoms with Crippen LogP contribution in [0.15, 0.2) is 23.1 Å². The molecule has 21 heavy (non-hydrogen) atoms. The summed E-state index contributed by atoms with van der Waals surface area (Å²) in [5, 5.41) is 3.71. The zero-order chi connectivity index (χ0) is 15.1. The highest BCUT2D eigenvalue weighted by Gasteiger charge is 2.15. The predicted molar refractivity (Wildman–Crippen MR) is 89.0 cm³/mol. The Bertz CT molecular complexity index is 470. The molecule has 3 nitrogen and oxygen atoms in total. The van der Waals surface area contributed by atoms with Crippen molar-refractivity contribution in [2.24, 2.45) is 0 Å². The first-order chi connectivity index (χ1) is 10.2. The van der Waals surface area contributed by atoms with Gasteiger partial charge in [0, 0.05) is 22.9 Å². The Morgan fingerprint density at radius 3 is 2.76 bits per heavy atom. The number of nitrogens with one attached hydrogen (secondary N) is 1.